The van der Waals surface area contributed by atoms with Gasteiger partial charge in [-0.3, -0.25) is 0 Å². The number of benzene rings is 2. The molecule has 0 heterocycles. The normalized spacial score (nSPS) is 10.2. The van der Waals surface area contributed by atoms with Crippen LogP contribution in [0.3, 0.4) is 0 Å². The van der Waals surface area contributed by atoms with Crippen LogP contribution < -0.4 is 10.6 Å². The fraction of sp³-hybridized carbons (Fsp3) is 0.188. The molecule has 5 heteroatoms. The lowest BCUT2D eigenvalue weighted by atomic mass is 10.1. The Morgan fingerprint density at radius 2 is 1.67 bits per heavy atom. The summed E-state index contributed by atoms with van der Waals surface area (Å²) >= 11 is 6.86. The largest absolute Gasteiger partial charge is 0.338 e. The van der Waals surface area contributed by atoms with Crippen molar-refractivity contribution >= 4 is 37.9 Å². The van der Waals surface area contributed by atoms with Gasteiger partial charge in [0.05, 0.1) is 0 Å². The lowest BCUT2D eigenvalue weighted by Gasteiger charge is -2.09. The Kier molecular flexibility index (Phi) is 6.26. The molecule has 3 nitrogen and oxygen atoms in total. The first-order valence-electron chi connectivity index (χ1n) is 6.65. The number of rotatable bonds is 5. The molecule has 21 heavy (non-hydrogen) atoms. The summed E-state index contributed by atoms with van der Waals surface area (Å²) in [5.41, 5.74) is 2.25. The molecule has 2 aromatic carbocycles. The number of halogens is 2. The van der Waals surface area contributed by atoms with Crippen LogP contribution in [0.5, 0.6) is 0 Å². The second-order valence-electron chi connectivity index (χ2n) is 4.58. The molecule has 0 spiro atoms. The fourth-order valence-electron chi connectivity index (χ4n) is 1.85. The maximum absolute atomic E-state index is 11.7. The van der Waals surface area contributed by atoms with Gasteiger partial charge in [0.15, 0.2) is 0 Å². The maximum Gasteiger partial charge on any atom is 0.315 e. The van der Waals surface area contributed by atoms with Crippen molar-refractivity contribution in [1.29, 1.82) is 0 Å². The Morgan fingerprint density at radius 3 is 2.38 bits per heavy atom. The van der Waals surface area contributed by atoms with Gasteiger partial charge >= 0.3 is 6.03 Å². The maximum atomic E-state index is 11.7. The van der Waals surface area contributed by atoms with Gasteiger partial charge in [0.2, 0.25) is 0 Å². The van der Waals surface area contributed by atoms with Crippen LogP contribution in [0.15, 0.2) is 57.5 Å². The van der Waals surface area contributed by atoms with Crippen LogP contribution in [0.1, 0.15) is 11.1 Å². The van der Waals surface area contributed by atoms with Crippen molar-refractivity contribution in [1.82, 2.24) is 10.6 Å². The molecule has 2 amide bonds. The van der Waals surface area contributed by atoms with Crippen molar-refractivity contribution in [3.8, 4) is 0 Å². The number of amides is 2. The summed E-state index contributed by atoms with van der Waals surface area (Å²) in [4.78, 5) is 11.7. The molecule has 0 aromatic heterocycles. The van der Waals surface area contributed by atoms with Crippen molar-refractivity contribution in [2.75, 3.05) is 6.54 Å². The average Bonchev–Trinajstić information content (AvgIpc) is 2.48. The minimum Gasteiger partial charge on any atom is -0.338 e. The molecule has 2 rings (SSSR count). The summed E-state index contributed by atoms with van der Waals surface area (Å²) in [7, 11) is 0. The van der Waals surface area contributed by atoms with E-state index in [2.05, 4.69) is 42.5 Å². The molecule has 2 N–H and O–H groups in total. The zero-order valence-electron chi connectivity index (χ0n) is 11.4. The van der Waals surface area contributed by atoms with E-state index in [1.165, 1.54) is 5.56 Å². The zero-order valence-corrected chi connectivity index (χ0v) is 14.6. The van der Waals surface area contributed by atoms with Crippen LogP contribution >= 0.6 is 31.9 Å². The molecule has 2 aromatic rings. The van der Waals surface area contributed by atoms with E-state index < -0.39 is 0 Å². The van der Waals surface area contributed by atoms with E-state index in [0.29, 0.717) is 13.1 Å². The third kappa shape index (κ3) is 5.52. The minimum atomic E-state index is -0.150. The molecule has 0 unspecified atom stereocenters. The number of carbonyl (C=O) groups excluding carboxylic acids is 1. The third-order valence-electron chi connectivity index (χ3n) is 3.01. The van der Waals surface area contributed by atoms with E-state index in [4.69, 9.17) is 0 Å². The first-order valence-corrected chi connectivity index (χ1v) is 8.23. The molecule has 0 bridgehead atoms. The smallest absolute Gasteiger partial charge is 0.315 e. The van der Waals surface area contributed by atoms with Gasteiger partial charge in [-0.25, -0.2) is 4.79 Å². The van der Waals surface area contributed by atoms with Gasteiger partial charge in [0, 0.05) is 22.0 Å². The highest BCUT2D eigenvalue weighted by Crippen LogP contribution is 2.15. The Balaban J connectivity index is 1.70. The molecule has 0 radical (unpaired) electrons. The van der Waals surface area contributed by atoms with E-state index in [-0.39, 0.29) is 6.03 Å². The molecule has 0 aliphatic carbocycles. The van der Waals surface area contributed by atoms with Gasteiger partial charge in [0.25, 0.3) is 0 Å². The quantitative estimate of drug-likeness (QED) is 0.758. The number of carbonyl (C=O) groups is 1. The van der Waals surface area contributed by atoms with E-state index in [9.17, 15) is 4.79 Å². The Labute approximate surface area is 141 Å². The van der Waals surface area contributed by atoms with Gasteiger partial charge in [0.1, 0.15) is 0 Å². The number of urea groups is 1. The van der Waals surface area contributed by atoms with Gasteiger partial charge < -0.3 is 10.6 Å². The Bertz CT molecular complexity index is 599. The van der Waals surface area contributed by atoms with Crippen molar-refractivity contribution in [3.05, 3.63) is 68.6 Å². The van der Waals surface area contributed by atoms with Crippen molar-refractivity contribution in [3.63, 3.8) is 0 Å². The summed E-state index contributed by atoms with van der Waals surface area (Å²) in [6, 6.07) is 15.8. The number of nitrogens with one attached hydrogen (secondary N) is 2. The predicted octanol–water partition coefficient (Wildman–Crippen LogP) is 4.25. The highest BCUT2D eigenvalue weighted by molar-refractivity contribution is 9.10. The molecule has 0 fully saturated rings. The van der Waals surface area contributed by atoms with E-state index >= 15 is 0 Å². The van der Waals surface area contributed by atoms with Crippen LogP contribution in [0.2, 0.25) is 0 Å². The standard InChI is InChI=1S/C16H16Br2N2O/c17-14-7-5-12(6-8-14)9-10-19-16(21)20-11-13-3-1-2-4-15(13)18/h1-8H,9-11H2,(H2,19,20,21). The van der Waals surface area contributed by atoms with Crippen LogP contribution in [0.4, 0.5) is 4.79 Å². The van der Waals surface area contributed by atoms with Gasteiger partial charge in [-0.05, 0) is 35.7 Å². The van der Waals surface area contributed by atoms with Crippen molar-refractivity contribution in [2.24, 2.45) is 0 Å². The molecule has 0 atom stereocenters. The van der Waals surface area contributed by atoms with E-state index in [0.717, 1.165) is 20.9 Å². The van der Waals surface area contributed by atoms with E-state index in [1.807, 2.05) is 48.5 Å². The topological polar surface area (TPSA) is 41.1 Å². The summed E-state index contributed by atoms with van der Waals surface area (Å²) in [6.45, 7) is 1.12. The van der Waals surface area contributed by atoms with Crippen LogP contribution in [0, 0.1) is 0 Å². The average molecular weight is 412 g/mol. The lowest BCUT2D eigenvalue weighted by Crippen LogP contribution is -2.36. The third-order valence-corrected chi connectivity index (χ3v) is 4.31. The highest BCUT2D eigenvalue weighted by Gasteiger charge is 2.02. The highest BCUT2D eigenvalue weighted by atomic mass is 79.9. The first kappa shape index (κ1) is 16.0. The Morgan fingerprint density at radius 1 is 0.952 bits per heavy atom. The summed E-state index contributed by atoms with van der Waals surface area (Å²) in [5, 5.41) is 5.71. The summed E-state index contributed by atoms with van der Waals surface area (Å²) < 4.78 is 2.06. The molecular weight excluding hydrogens is 396 g/mol. The second kappa shape index (κ2) is 8.20. The Hall–Kier alpha value is -1.33. The SMILES string of the molecule is O=C(NCCc1ccc(Br)cc1)NCc1ccccc1Br. The molecule has 0 aliphatic heterocycles. The van der Waals surface area contributed by atoms with Crippen LogP contribution in [-0.2, 0) is 13.0 Å². The molecule has 0 saturated heterocycles. The van der Waals surface area contributed by atoms with Gasteiger partial charge in [-0.15, -0.1) is 0 Å². The van der Waals surface area contributed by atoms with Crippen LogP contribution in [0.25, 0.3) is 0 Å². The van der Waals surface area contributed by atoms with E-state index in [1.54, 1.807) is 0 Å². The minimum absolute atomic E-state index is 0.150. The van der Waals surface area contributed by atoms with Gasteiger partial charge in [-0.1, -0.05) is 62.2 Å². The summed E-state index contributed by atoms with van der Waals surface area (Å²) in [6.07, 6.45) is 0.815. The fourth-order valence-corrected chi connectivity index (χ4v) is 2.54. The lowest BCUT2D eigenvalue weighted by molar-refractivity contribution is 0.240. The molecule has 0 aliphatic rings. The van der Waals surface area contributed by atoms with Crippen LogP contribution in [-0.4, -0.2) is 12.6 Å². The first-order chi connectivity index (χ1) is 10.1. The second-order valence-corrected chi connectivity index (χ2v) is 6.35. The number of hydrogen-bond acceptors (Lipinski definition) is 1. The van der Waals surface area contributed by atoms with Crippen molar-refractivity contribution in [2.45, 2.75) is 13.0 Å². The summed E-state index contributed by atoms with van der Waals surface area (Å²) in [5.74, 6) is 0. The van der Waals surface area contributed by atoms with Crippen molar-refractivity contribution < 1.29 is 4.79 Å². The molecule has 0 saturated carbocycles. The zero-order chi connectivity index (χ0) is 15.1. The van der Waals surface area contributed by atoms with Gasteiger partial charge in [-0.2, -0.15) is 0 Å². The molecule has 110 valence electrons. The molecular formula is C16H16Br2N2O. The monoisotopic (exact) mass is 410 g/mol. The number of hydrogen-bond donors (Lipinski definition) is 2. The predicted molar refractivity (Wildman–Crippen MR) is 92.2 cm³/mol.